The van der Waals surface area contributed by atoms with Crippen molar-refractivity contribution in [2.75, 3.05) is 11.1 Å². The minimum atomic E-state index is 0.305. The first-order valence-electron chi connectivity index (χ1n) is 8.16. The van der Waals surface area contributed by atoms with Crippen LogP contribution in [-0.2, 0) is 0 Å². The number of aromatic nitrogens is 3. The number of nitrogens with one attached hydrogen (secondary N) is 3. The summed E-state index contributed by atoms with van der Waals surface area (Å²) >= 11 is 0. The van der Waals surface area contributed by atoms with Crippen molar-refractivity contribution in [1.82, 2.24) is 15.0 Å². The lowest BCUT2D eigenvalue weighted by atomic mass is 9.82. The van der Waals surface area contributed by atoms with Gasteiger partial charge in [-0.3, -0.25) is 5.41 Å². The van der Waals surface area contributed by atoms with Crippen LogP contribution in [0.4, 0.5) is 11.6 Å². The molecule has 1 aliphatic carbocycles. The molecule has 5 N–H and O–H groups in total. The molecule has 0 unspecified atom stereocenters. The van der Waals surface area contributed by atoms with Crippen molar-refractivity contribution in [2.24, 2.45) is 5.92 Å². The van der Waals surface area contributed by atoms with Crippen molar-refractivity contribution in [3.05, 3.63) is 47.9 Å². The highest BCUT2D eigenvalue weighted by molar-refractivity contribution is 6.16. The molecule has 0 amide bonds. The zero-order valence-corrected chi connectivity index (χ0v) is 13.5. The van der Waals surface area contributed by atoms with Crippen molar-refractivity contribution in [1.29, 1.82) is 5.41 Å². The highest BCUT2D eigenvalue weighted by Crippen LogP contribution is 2.31. The Balaban J connectivity index is 1.70. The summed E-state index contributed by atoms with van der Waals surface area (Å²) in [5.41, 5.74) is 8.64. The zero-order valence-electron chi connectivity index (χ0n) is 13.5. The molecule has 0 radical (unpaired) electrons. The molecule has 6 heteroatoms. The van der Waals surface area contributed by atoms with Crippen molar-refractivity contribution in [3.63, 3.8) is 0 Å². The second-order valence-corrected chi connectivity index (χ2v) is 6.55. The third-order valence-electron chi connectivity index (χ3n) is 4.64. The Kier molecular flexibility index (Phi) is 3.45. The van der Waals surface area contributed by atoms with Crippen LogP contribution in [0.1, 0.15) is 31.0 Å². The van der Waals surface area contributed by atoms with Gasteiger partial charge in [-0.05, 0) is 30.9 Å². The molecule has 0 saturated heterocycles. The maximum atomic E-state index is 8.61. The van der Waals surface area contributed by atoms with E-state index < -0.39 is 0 Å². The number of hydrogen-bond acceptors (Lipinski definition) is 5. The largest absolute Gasteiger partial charge is 0.383 e. The number of aromatic amines is 1. The predicted molar refractivity (Wildman–Crippen MR) is 96.5 cm³/mol. The maximum Gasteiger partial charge on any atom is 0.141 e. The van der Waals surface area contributed by atoms with E-state index in [-0.39, 0.29) is 0 Å². The molecule has 0 aliphatic heterocycles. The van der Waals surface area contributed by atoms with E-state index in [0.29, 0.717) is 34.6 Å². The van der Waals surface area contributed by atoms with Gasteiger partial charge < -0.3 is 16.0 Å². The summed E-state index contributed by atoms with van der Waals surface area (Å²) in [6.45, 7) is 2.24. The lowest BCUT2D eigenvalue weighted by Gasteiger charge is -2.34. The molecule has 1 aliphatic rings. The molecule has 2 heterocycles. The first-order chi connectivity index (χ1) is 11.6. The highest BCUT2D eigenvalue weighted by Gasteiger charge is 2.27. The fraction of sp³-hybridized carbons (Fsp3) is 0.278. The van der Waals surface area contributed by atoms with Gasteiger partial charge in [-0.1, -0.05) is 25.1 Å². The Morgan fingerprint density at radius 3 is 2.83 bits per heavy atom. The highest BCUT2D eigenvalue weighted by atomic mass is 15.1. The summed E-state index contributed by atoms with van der Waals surface area (Å²) in [6, 6.07) is 10.3. The topological polar surface area (TPSA) is 103 Å². The number of nitrogens with two attached hydrogens (primary N) is 1. The molecule has 6 nitrogen and oxygen atoms in total. The van der Waals surface area contributed by atoms with Crippen LogP contribution in [0.5, 0.6) is 0 Å². The van der Waals surface area contributed by atoms with Crippen molar-refractivity contribution >= 4 is 28.3 Å². The normalized spacial score (nSPS) is 19.9. The number of hydrogen-bond donors (Lipinski definition) is 4. The minimum absolute atomic E-state index is 0.305. The fourth-order valence-electron chi connectivity index (χ4n) is 3.31. The average molecular weight is 320 g/mol. The Morgan fingerprint density at radius 1 is 1.29 bits per heavy atom. The van der Waals surface area contributed by atoms with Crippen LogP contribution in [0, 0.1) is 11.3 Å². The van der Waals surface area contributed by atoms with Crippen LogP contribution in [-0.4, -0.2) is 26.7 Å². The molecular formula is C18H20N6. The van der Waals surface area contributed by atoms with E-state index in [4.69, 9.17) is 11.1 Å². The predicted octanol–water partition coefficient (Wildman–Crippen LogP) is 3.17. The molecule has 24 heavy (non-hydrogen) atoms. The second-order valence-electron chi connectivity index (χ2n) is 6.55. The van der Waals surface area contributed by atoms with Gasteiger partial charge in [-0.2, -0.15) is 0 Å². The molecule has 1 aromatic carbocycles. The number of benzene rings is 1. The van der Waals surface area contributed by atoms with Gasteiger partial charge in [0.1, 0.15) is 18.0 Å². The quantitative estimate of drug-likeness (QED) is 0.554. The van der Waals surface area contributed by atoms with Crippen molar-refractivity contribution < 1.29 is 0 Å². The summed E-state index contributed by atoms with van der Waals surface area (Å²) in [5, 5.41) is 13.1. The van der Waals surface area contributed by atoms with Crippen LogP contribution < -0.4 is 11.1 Å². The molecular weight excluding hydrogens is 300 g/mol. The summed E-state index contributed by atoms with van der Waals surface area (Å²) < 4.78 is 0. The second kappa shape index (κ2) is 5.63. The van der Waals surface area contributed by atoms with Crippen LogP contribution in [0.15, 0.2) is 36.7 Å². The molecule has 2 aromatic heterocycles. The molecule has 1 fully saturated rings. The van der Waals surface area contributed by atoms with Gasteiger partial charge in [-0.25, -0.2) is 9.97 Å². The van der Waals surface area contributed by atoms with Gasteiger partial charge in [0.15, 0.2) is 0 Å². The van der Waals surface area contributed by atoms with Crippen LogP contribution in [0.2, 0.25) is 0 Å². The third-order valence-corrected chi connectivity index (χ3v) is 4.64. The van der Waals surface area contributed by atoms with Crippen LogP contribution in [0.25, 0.3) is 10.9 Å². The lowest BCUT2D eigenvalue weighted by Crippen LogP contribution is -2.34. The summed E-state index contributed by atoms with van der Waals surface area (Å²) in [5.74, 6) is 1.70. The van der Waals surface area contributed by atoms with Gasteiger partial charge in [0.05, 0.1) is 17.0 Å². The van der Waals surface area contributed by atoms with E-state index in [1.54, 1.807) is 0 Å². The zero-order chi connectivity index (χ0) is 16.7. The average Bonchev–Trinajstić information content (AvgIpc) is 2.97. The Morgan fingerprint density at radius 2 is 2.08 bits per heavy atom. The van der Waals surface area contributed by atoms with Gasteiger partial charge in [-0.15, -0.1) is 0 Å². The third kappa shape index (κ3) is 2.50. The van der Waals surface area contributed by atoms with Gasteiger partial charge >= 0.3 is 0 Å². The first kappa shape index (κ1) is 14.7. The minimum Gasteiger partial charge on any atom is -0.383 e. The van der Waals surface area contributed by atoms with E-state index in [9.17, 15) is 0 Å². The van der Waals surface area contributed by atoms with E-state index in [2.05, 4.69) is 27.2 Å². The number of anilines is 2. The Labute approximate surface area is 140 Å². The molecule has 1 saturated carbocycles. The monoisotopic (exact) mass is 320 g/mol. The molecule has 122 valence electrons. The van der Waals surface area contributed by atoms with Gasteiger partial charge in [0.25, 0.3) is 0 Å². The lowest BCUT2D eigenvalue weighted by molar-refractivity contribution is 0.308. The Hall–Kier alpha value is -2.89. The van der Waals surface area contributed by atoms with Crippen LogP contribution >= 0.6 is 0 Å². The number of rotatable bonds is 4. The molecule has 0 atom stereocenters. The number of fused-ring (bicyclic) bond motifs is 1. The number of nitrogen functional groups attached to an aromatic ring is 1. The standard InChI is InChI=1S/C18H20N6/c1-10-6-12(7-10)23-18-15(17(20)21-9-22-18)16(19)14-8-11-4-2-3-5-13(11)24-14/h2-5,8-10,12,19,24H,6-7H2,1H3,(H3,20,21,22,23). The van der Waals surface area contributed by atoms with Gasteiger partial charge in [0, 0.05) is 16.9 Å². The SMILES string of the molecule is CC1CC(Nc2ncnc(N)c2C(=N)c2cc3ccccc3[nH]2)C1. The summed E-state index contributed by atoms with van der Waals surface area (Å²) in [4.78, 5) is 11.7. The smallest absolute Gasteiger partial charge is 0.141 e. The number of para-hydroxylation sites is 1. The van der Waals surface area contributed by atoms with E-state index in [1.165, 1.54) is 6.33 Å². The van der Waals surface area contributed by atoms with Crippen molar-refractivity contribution in [3.8, 4) is 0 Å². The summed E-state index contributed by atoms with van der Waals surface area (Å²) in [6.07, 6.45) is 3.67. The summed E-state index contributed by atoms with van der Waals surface area (Å²) in [7, 11) is 0. The maximum absolute atomic E-state index is 8.61. The van der Waals surface area contributed by atoms with E-state index in [1.807, 2.05) is 30.3 Å². The first-order valence-corrected chi connectivity index (χ1v) is 8.16. The molecule has 4 rings (SSSR count). The number of nitrogens with zero attached hydrogens (tertiary/aromatic N) is 2. The van der Waals surface area contributed by atoms with Crippen LogP contribution in [0.3, 0.4) is 0 Å². The van der Waals surface area contributed by atoms with E-state index >= 15 is 0 Å². The molecule has 0 spiro atoms. The fourth-order valence-corrected chi connectivity index (χ4v) is 3.31. The van der Waals surface area contributed by atoms with Gasteiger partial charge in [0.2, 0.25) is 0 Å². The van der Waals surface area contributed by atoms with Crippen molar-refractivity contribution in [2.45, 2.75) is 25.8 Å². The Bertz CT molecular complexity index is 874. The number of H-pyrrole nitrogens is 1. The molecule has 0 bridgehead atoms. The molecule has 3 aromatic rings. The van der Waals surface area contributed by atoms with E-state index in [0.717, 1.165) is 29.7 Å².